The van der Waals surface area contributed by atoms with Crippen molar-refractivity contribution in [3.8, 4) is 0 Å². The maximum Gasteiger partial charge on any atom is 0.194 e. The number of aryl methyl sites for hydroxylation is 1. The van der Waals surface area contributed by atoms with Crippen molar-refractivity contribution in [2.75, 3.05) is 45.9 Å². The number of nitrogens with zero attached hydrogens (tertiary/aromatic N) is 3. The van der Waals surface area contributed by atoms with E-state index in [9.17, 15) is 0 Å². The van der Waals surface area contributed by atoms with E-state index in [2.05, 4.69) is 53.2 Å². The summed E-state index contributed by atoms with van der Waals surface area (Å²) in [6.45, 7) is 11.9. The van der Waals surface area contributed by atoms with Crippen LogP contribution in [0, 0.1) is 6.92 Å². The highest BCUT2D eigenvalue weighted by Gasteiger charge is 2.30. The van der Waals surface area contributed by atoms with Crippen LogP contribution >= 0.6 is 24.0 Å². The topological polar surface area (TPSA) is 40.1 Å². The Bertz CT molecular complexity index is 560. The van der Waals surface area contributed by atoms with Gasteiger partial charge in [-0.2, -0.15) is 0 Å². The lowest BCUT2D eigenvalue weighted by molar-refractivity contribution is 0.0195. The molecule has 2 fully saturated rings. The van der Waals surface area contributed by atoms with Crippen LogP contribution in [0.2, 0.25) is 0 Å². The molecule has 0 aliphatic carbocycles. The van der Waals surface area contributed by atoms with Gasteiger partial charge >= 0.3 is 0 Å². The van der Waals surface area contributed by atoms with E-state index in [-0.39, 0.29) is 24.0 Å². The summed E-state index contributed by atoms with van der Waals surface area (Å²) in [6, 6.07) is 9.24. The van der Waals surface area contributed by atoms with Gasteiger partial charge in [-0.05, 0) is 25.8 Å². The number of aliphatic imine (C=N–C) groups is 1. The number of hydrogen-bond acceptors (Lipinski definition) is 3. The average molecular weight is 458 g/mol. The largest absolute Gasteiger partial charge is 0.379 e. The van der Waals surface area contributed by atoms with Crippen LogP contribution in [-0.4, -0.2) is 67.7 Å². The molecular formula is C19H31IN4O. The first-order chi connectivity index (χ1) is 11.8. The van der Waals surface area contributed by atoms with Crippen molar-refractivity contribution in [2.24, 2.45) is 4.99 Å². The Kier molecular flexibility index (Phi) is 8.45. The van der Waals surface area contributed by atoms with E-state index in [1.165, 1.54) is 17.5 Å². The van der Waals surface area contributed by atoms with Gasteiger partial charge in [-0.15, -0.1) is 24.0 Å². The summed E-state index contributed by atoms with van der Waals surface area (Å²) in [5.74, 6) is 1.05. The monoisotopic (exact) mass is 458 g/mol. The second kappa shape index (κ2) is 10.3. The fourth-order valence-electron chi connectivity index (χ4n) is 3.58. The molecule has 2 heterocycles. The molecule has 2 aliphatic rings. The zero-order valence-corrected chi connectivity index (χ0v) is 17.7. The summed E-state index contributed by atoms with van der Waals surface area (Å²) in [6.07, 6.45) is 1.22. The molecule has 1 aromatic rings. The van der Waals surface area contributed by atoms with Gasteiger partial charge < -0.3 is 15.0 Å². The van der Waals surface area contributed by atoms with Crippen LogP contribution in [0.4, 0.5) is 0 Å². The van der Waals surface area contributed by atoms with Gasteiger partial charge in [-0.25, -0.2) is 4.99 Å². The highest BCUT2D eigenvalue weighted by Crippen LogP contribution is 2.17. The standard InChI is InChI=1S/C19H30N4O.HI/c1-3-20-19(21-14-17-6-4-5-16(2)13-17)23-8-7-18(15-23)22-9-11-24-12-10-22;/h4-6,13,18H,3,7-12,14-15H2,1-2H3,(H,20,21);1H. The second-order valence-corrected chi connectivity index (χ2v) is 6.70. The van der Waals surface area contributed by atoms with Crippen LogP contribution in [0.5, 0.6) is 0 Å². The number of rotatable bonds is 4. The number of likely N-dealkylation sites (tertiary alicyclic amines) is 1. The van der Waals surface area contributed by atoms with Gasteiger partial charge in [0, 0.05) is 38.8 Å². The summed E-state index contributed by atoms with van der Waals surface area (Å²) in [4.78, 5) is 9.87. The van der Waals surface area contributed by atoms with Gasteiger partial charge in [-0.1, -0.05) is 29.8 Å². The van der Waals surface area contributed by atoms with Crippen molar-refractivity contribution in [1.82, 2.24) is 15.1 Å². The number of benzene rings is 1. The Labute approximate surface area is 168 Å². The highest BCUT2D eigenvalue weighted by atomic mass is 127. The third kappa shape index (κ3) is 5.82. The number of guanidine groups is 1. The van der Waals surface area contributed by atoms with E-state index in [1.54, 1.807) is 0 Å². The van der Waals surface area contributed by atoms with Crippen LogP contribution < -0.4 is 5.32 Å². The summed E-state index contributed by atoms with van der Waals surface area (Å²) in [5, 5.41) is 3.47. The van der Waals surface area contributed by atoms with E-state index in [1.807, 2.05) is 0 Å². The molecule has 6 heteroatoms. The van der Waals surface area contributed by atoms with E-state index >= 15 is 0 Å². The van der Waals surface area contributed by atoms with Gasteiger partial charge in [0.15, 0.2) is 5.96 Å². The number of hydrogen-bond donors (Lipinski definition) is 1. The van der Waals surface area contributed by atoms with Gasteiger partial charge in [0.25, 0.3) is 0 Å². The molecule has 2 aliphatic heterocycles. The molecule has 1 N–H and O–H groups in total. The highest BCUT2D eigenvalue weighted by molar-refractivity contribution is 14.0. The van der Waals surface area contributed by atoms with E-state index in [0.29, 0.717) is 6.04 Å². The average Bonchev–Trinajstić information content (AvgIpc) is 3.09. The van der Waals surface area contributed by atoms with Crippen molar-refractivity contribution in [3.63, 3.8) is 0 Å². The molecule has 1 atom stereocenters. The minimum atomic E-state index is 0. The van der Waals surface area contributed by atoms with Crippen LogP contribution in [0.3, 0.4) is 0 Å². The van der Waals surface area contributed by atoms with E-state index in [4.69, 9.17) is 9.73 Å². The molecular weight excluding hydrogens is 427 g/mol. The lowest BCUT2D eigenvalue weighted by atomic mass is 10.1. The lowest BCUT2D eigenvalue weighted by Crippen LogP contribution is -2.46. The van der Waals surface area contributed by atoms with Gasteiger partial charge in [-0.3, -0.25) is 4.90 Å². The minimum absolute atomic E-state index is 0. The first-order valence-corrected chi connectivity index (χ1v) is 9.17. The normalized spacial score (nSPS) is 21.9. The number of ether oxygens (including phenoxy) is 1. The van der Waals surface area contributed by atoms with Gasteiger partial charge in [0.1, 0.15) is 0 Å². The number of morpholine rings is 1. The Morgan fingerprint density at radius 3 is 2.80 bits per heavy atom. The first-order valence-electron chi connectivity index (χ1n) is 9.17. The molecule has 0 saturated carbocycles. The van der Waals surface area contributed by atoms with Crippen molar-refractivity contribution < 1.29 is 4.74 Å². The summed E-state index contributed by atoms with van der Waals surface area (Å²) < 4.78 is 5.48. The Balaban J connectivity index is 0.00000225. The van der Waals surface area contributed by atoms with Gasteiger partial charge in [0.05, 0.1) is 19.8 Å². The third-order valence-corrected chi connectivity index (χ3v) is 4.85. The molecule has 0 amide bonds. The predicted molar refractivity (Wildman–Crippen MR) is 114 cm³/mol. The fourth-order valence-corrected chi connectivity index (χ4v) is 3.58. The molecule has 140 valence electrons. The molecule has 3 rings (SSSR count). The van der Waals surface area contributed by atoms with Crippen molar-refractivity contribution >= 4 is 29.9 Å². The quantitative estimate of drug-likeness (QED) is 0.428. The lowest BCUT2D eigenvalue weighted by Gasteiger charge is -2.32. The molecule has 0 spiro atoms. The smallest absolute Gasteiger partial charge is 0.194 e. The maximum absolute atomic E-state index is 5.48. The van der Waals surface area contributed by atoms with E-state index in [0.717, 1.165) is 58.4 Å². The number of halogens is 1. The van der Waals surface area contributed by atoms with Crippen molar-refractivity contribution in [2.45, 2.75) is 32.9 Å². The van der Waals surface area contributed by atoms with Gasteiger partial charge in [0.2, 0.25) is 0 Å². The fraction of sp³-hybridized carbons (Fsp3) is 0.632. The van der Waals surface area contributed by atoms with Crippen LogP contribution in [0.1, 0.15) is 24.5 Å². The Morgan fingerprint density at radius 1 is 1.28 bits per heavy atom. The molecule has 0 bridgehead atoms. The molecule has 25 heavy (non-hydrogen) atoms. The molecule has 0 radical (unpaired) electrons. The summed E-state index contributed by atoms with van der Waals surface area (Å²) in [7, 11) is 0. The van der Waals surface area contributed by atoms with Crippen LogP contribution in [-0.2, 0) is 11.3 Å². The summed E-state index contributed by atoms with van der Waals surface area (Å²) in [5.41, 5.74) is 2.57. The SMILES string of the molecule is CCNC(=NCc1cccc(C)c1)N1CCC(N2CCOCC2)C1.I. The maximum atomic E-state index is 5.48. The molecule has 1 unspecified atom stereocenters. The zero-order chi connectivity index (χ0) is 16.8. The van der Waals surface area contributed by atoms with Crippen LogP contribution in [0.25, 0.3) is 0 Å². The molecule has 2 saturated heterocycles. The van der Waals surface area contributed by atoms with Crippen molar-refractivity contribution in [3.05, 3.63) is 35.4 Å². The second-order valence-electron chi connectivity index (χ2n) is 6.70. The third-order valence-electron chi connectivity index (χ3n) is 4.85. The zero-order valence-electron chi connectivity index (χ0n) is 15.4. The van der Waals surface area contributed by atoms with Crippen molar-refractivity contribution in [1.29, 1.82) is 0 Å². The first kappa shape index (κ1) is 20.5. The Hall–Kier alpha value is -0.860. The molecule has 5 nitrogen and oxygen atoms in total. The van der Waals surface area contributed by atoms with Crippen LogP contribution in [0.15, 0.2) is 29.3 Å². The predicted octanol–water partition coefficient (Wildman–Crippen LogP) is 2.49. The Morgan fingerprint density at radius 2 is 2.08 bits per heavy atom. The number of nitrogens with one attached hydrogen (secondary N) is 1. The minimum Gasteiger partial charge on any atom is -0.379 e. The molecule has 0 aromatic heterocycles. The summed E-state index contributed by atoms with van der Waals surface area (Å²) >= 11 is 0. The molecule has 1 aromatic carbocycles. The van der Waals surface area contributed by atoms with E-state index < -0.39 is 0 Å².